The fourth-order valence-electron chi connectivity index (χ4n) is 2.91. The van der Waals surface area contributed by atoms with E-state index < -0.39 is 0 Å². The van der Waals surface area contributed by atoms with Crippen molar-refractivity contribution >= 4 is 33.8 Å². The van der Waals surface area contributed by atoms with Gasteiger partial charge in [-0.15, -0.1) is 11.3 Å². The van der Waals surface area contributed by atoms with E-state index in [0.29, 0.717) is 11.3 Å². The molecule has 4 nitrogen and oxygen atoms in total. The molecule has 106 valence electrons. The van der Waals surface area contributed by atoms with Crippen molar-refractivity contribution in [3.05, 3.63) is 55.7 Å². The van der Waals surface area contributed by atoms with Gasteiger partial charge in [0.1, 0.15) is 4.83 Å². The van der Waals surface area contributed by atoms with Crippen molar-refractivity contribution in [1.82, 2.24) is 14.5 Å². The number of thiophene rings is 1. The lowest BCUT2D eigenvalue weighted by atomic mass is 10.2. The summed E-state index contributed by atoms with van der Waals surface area (Å²) < 4.78 is 2.09. The number of rotatable bonds is 2. The van der Waals surface area contributed by atoms with Gasteiger partial charge in [-0.05, 0) is 49.2 Å². The van der Waals surface area contributed by atoms with Gasteiger partial charge < -0.3 is 4.98 Å². The third-order valence-corrected chi connectivity index (χ3v) is 5.42. The molecule has 0 spiro atoms. The fourth-order valence-corrected chi connectivity index (χ4v) is 4.50. The summed E-state index contributed by atoms with van der Waals surface area (Å²) in [5.74, 6) is 0. The summed E-state index contributed by atoms with van der Waals surface area (Å²) in [5, 5.41) is 0.831. The second kappa shape index (κ2) is 4.89. The molecule has 0 atom stereocenters. The molecule has 0 fully saturated rings. The number of hydrogen-bond acceptors (Lipinski definition) is 4. The van der Waals surface area contributed by atoms with Gasteiger partial charge in [0.05, 0.1) is 17.6 Å². The molecule has 3 aromatic rings. The number of nitrogens with one attached hydrogen (secondary N) is 1. The Hall–Kier alpha value is -1.79. The molecule has 0 aromatic carbocycles. The first-order valence-electron chi connectivity index (χ1n) is 6.91. The smallest absolute Gasteiger partial charge is 0.263 e. The average molecular weight is 315 g/mol. The van der Waals surface area contributed by atoms with E-state index in [9.17, 15) is 4.79 Å². The van der Waals surface area contributed by atoms with Crippen molar-refractivity contribution in [2.75, 3.05) is 0 Å². The molecule has 0 radical (unpaired) electrons. The van der Waals surface area contributed by atoms with Gasteiger partial charge in [0.15, 0.2) is 4.77 Å². The number of aryl methyl sites for hydroxylation is 2. The third-order valence-electron chi connectivity index (χ3n) is 3.89. The molecule has 0 unspecified atom stereocenters. The quantitative estimate of drug-likeness (QED) is 0.740. The average Bonchev–Trinajstić information content (AvgIpc) is 3.04. The summed E-state index contributed by atoms with van der Waals surface area (Å²) >= 11 is 7.04. The number of aromatic amines is 1. The van der Waals surface area contributed by atoms with Crippen molar-refractivity contribution in [2.24, 2.45) is 0 Å². The minimum atomic E-state index is 0.0128. The van der Waals surface area contributed by atoms with Crippen LogP contribution in [-0.2, 0) is 19.4 Å². The van der Waals surface area contributed by atoms with Gasteiger partial charge in [-0.3, -0.25) is 14.3 Å². The third kappa shape index (κ3) is 2.06. The Morgan fingerprint density at radius 2 is 2.29 bits per heavy atom. The Kier molecular flexibility index (Phi) is 3.01. The Labute approximate surface area is 130 Å². The zero-order valence-corrected chi connectivity index (χ0v) is 12.9. The van der Waals surface area contributed by atoms with Gasteiger partial charge in [-0.1, -0.05) is 6.07 Å². The highest BCUT2D eigenvalue weighted by Crippen LogP contribution is 2.34. The van der Waals surface area contributed by atoms with Crippen LogP contribution in [-0.4, -0.2) is 14.5 Å². The van der Waals surface area contributed by atoms with Gasteiger partial charge >= 0.3 is 0 Å². The lowest BCUT2D eigenvalue weighted by Gasteiger charge is -2.06. The van der Waals surface area contributed by atoms with Crippen LogP contribution in [0, 0.1) is 4.77 Å². The summed E-state index contributed by atoms with van der Waals surface area (Å²) in [5.41, 5.74) is 2.07. The molecule has 21 heavy (non-hydrogen) atoms. The van der Waals surface area contributed by atoms with E-state index in [1.165, 1.54) is 10.4 Å². The van der Waals surface area contributed by atoms with Crippen LogP contribution in [0.15, 0.2) is 29.2 Å². The second-order valence-corrected chi connectivity index (χ2v) is 6.70. The Bertz CT molecular complexity index is 937. The van der Waals surface area contributed by atoms with E-state index >= 15 is 0 Å². The summed E-state index contributed by atoms with van der Waals surface area (Å²) in [6.07, 6.45) is 4.95. The van der Waals surface area contributed by atoms with Crippen LogP contribution < -0.4 is 5.56 Å². The topological polar surface area (TPSA) is 50.7 Å². The van der Waals surface area contributed by atoms with Crippen LogP contribution >= 0.6 is 23.6 Å². The monoisotopic (exact) mass is 315 g/mol. The molecule has 0 amide bonds. The highest BCUT2D eigenvalue weighted by Gasteiger charge is 2.21. The number of aromatic nitrogens is 3. The van der Waals surface area contributed by atoms with E-state index in [0.717, 1.165) is 35.2 Å². The van der Waals surface area contributed by atoms with Crippen molar-refractivity contribution in [3.63, 3.8) is 0 Å². The van der Waals surface area contributed by atoms with E-state index in [-0.39, 0.29) is 5.56 Å². The van der Waals surface area contributed by atoms with Gasteiger partial charge in [-0.25, -0.2) is 0 Å². The maximum Gasteiger partial charge on any atom is 0.263 e. The number of hydrogen-bond donors (Lipinski definition) is 1. The molecular weight excluding hydrogens is 302 g/mol. The molecule has 6 heteroatoms. The molecule has 0 saturated heterocycles. The van der Waals surface area contributed by atoms with Crippen molar-refractivity contribution in [1.29, 1.82) is 0 Å². The van der Waals surface area contributed by atoms with Crippen LogP contribution in [0.4, 0.5) is 0 Å². The molecule has 0 bridgehead atoms. The van der Waals surface area contributed by atoms with Crippen LogP contribution in [0.5, 0.6) is 0 Å². The summed E-state index contributed by atoms with van der Waals surface area (Å²) in [4.78, 5) is 22.6. The van der Waals surface area contributed by atoms with Crippen LogP contribution in [0.25, 0.3) is 10.2 Å². The summed E-state index contributed by atoms with van der Waals surface area (Å²) in [6, 6.07) is 5.69. The molecule has 3 heterocycles. The zero-order valence-electron chi connectivity index (χ0n) is 11.3. The second-order valence-electron chi connectivity index (χ2n) is 5.20. The Morgan fingerprint density at radius 3 is 3.10 bits per heavy atom. The highest BCUT2D eigenvalue weighted by molar-refractivity contribution is 7.71. The van der Waals surface area contributed by atoms with Crippen molar-refractivity contribution in [2.45, 2.75) is 25.8 Å². The lowest BCUT2D eigenvalue weighted by Crippen LogP contribution is -2.23. The normalized spacial score (nSPS) is 13.7. The molecule has 0 saturated carbocycles. The standard InChI is InChI=1S/C15H13N3OS2/c19-14-12-10-5-3-6-11(10)21-13(12)17-15(20)18(14)8-9-4-1-2-7-16-9/h1-2,4,7H,3,5-6,8H2,(H,17,20). The minimum absolute atomic E-state index is 0.0128. The first-order valence-corrected chi connectivity index (χ1v) is 8.14. The predicted octanol–water partition coefficient (Wildman–Crippen LogP) is 3.05. The number of nitrogens with zero attached hydrogens (tertiary/aromatic N) is 2. The van der Waals surface area contributed by atoms with Crippen molar-refractivity contribution in [3.8, 4) is 0 Å². The number of pyridine rings is 1. The van der Waals surface area contributed by atoms with E-state index in [4.69, 9.17) is 12.2 Å². The maximum atomic E-state index is 12.8. The van der Waals surface area contributed by atoms with E-state index in [2.05, 4.69) is 9.97 Å². The van der Waals surface area contributed by atoms with Gasteiger partial charge in [0, 0.05) is 11.1 Å². The Morgan fingerprint density at radius 1 is 1.38 bits per heavy atom. The molecule has 1 aliphatic carbocycles. The first-order chi connectivity index (χ1) is 10.2. The van der Waals surface area contributed by atoms with Gasteiger partial charge in [0.25, 0.3) is 5.56 Å². The van der Waals surface area contributed by atoms with E-state index in [1.807, 2.05) is 18.2 Å². The maximum absolute atomic E-state index is 12.8. The molecule has 1 N–H and O–H groups in total. The Balaban J connectivity index is 1.93. The number of fused-ring (bicyclic) bond motifs is 3. The van der Waals surface area contributed by atoms with Crippen LogP contribution in [0.1, 0.15) is 22.6 Å². The zero-order chi connectivity index (χ0) is 14.4. The lowest BCUT2D eigenvalue weighted by molar-refractivity contribution is 0.717. The summed E-state index contributed by atoms with van der Waals surface area (Å²) in [6.45, 7) is 0.412. The molecule has 4 rings (SSSR count). The van der Waals surface area contributed by atoms with Crippen molar-refractivity contribution < 1.29 is 0 Å². The fraction of sp³-hybridized carbons (Fsp3) is 0.267. The van der Waals surface area contributed by atoms with Crippen LogP contribution in [0.3, 0.4) is 0 Å². The SMILES string of the molecule is O=c1c2c3c(sc2[nH]c(=S)n1Cc1ccccn1)CCC3. The summed E-state index contributed by atoms with van der Waals surface area (Å²) in [7, 11) is 0. The number of H-pyrrole nitrogens is 1. The molecule has 3 aromatic heterocycles. The first kappa shape index (κ1) is 12.9. The predicted molar refractivity (Wildman–Crippen MR) is 86.6 cm³/mol. The van der Waals surface area contributed by atoms with E-state index in [1.54, 1.807) is 22.1 Å². The largest absolute Gasteiger partial charge is 0.323 e. The molecule has 0 aliphatic heterocycles. The minimum Gasteiger partial charge on any atom is -0.323 e. The molecule has 1 aliphatic rings. The van der Waals surface area contributed by atoms with Gasteiger partial charge in [-0.2, -0.15) is 0 Å². The highest BCUT2D eigenvalue weighted by atomic mass is 32.1. The van der Waals surface area contributed by atoms with Gasteiger partial charge in [0.2, 0.25) is 0 Å². The van der Waals surface area contributed by atoms with Crippen LogP contribution in [0.2, 0.25) is 0 Å². The molecular formula is C15H13N3OS2.